The molecule has 6 nitrogen and oxygen atoms in total. The van der Waals surface area contributed by atoms with Gasteiger partial charge in [0, 0.05) is 16.9 Å². The summed E-state index contributed by atoms with van der Waals surface area (Å²) >= 11 is 5.74. The number of hydrogen-bond acceptors (Lipinski definition) is 5. The van der Waals surface area contributed by atoms with E-state index < -0.39 is 15.8 Å². The third-order valence-corrected chi connectivity index (χ3v) is 4.31. The Balaban J connectivity index is 2.48. The first-order chi connectivity index (χ1) is 9.69. The molecule has 0 aliphatic rings. The van der Waals surface area contributed by atoms with Crippen molar-refractivity contribution in [1.29, 1.82) is 0 Å². The molecule has 0 radical (unpaired) electrons. The van der Waals surface area contributed by atoms with Gasteiger partial charge < -0.3 is 5.73 Å². The number of nitrogen functional groups attached to an aromatic ring is 1. The average Bonchev–Trinajstić information content (AvgIpc) is 2.31. The minimum Gasteiger partial charge on any atom is -0.399 e. The molecule has 9 heteroatoms. The number of anilines is 2. The highest BCUT2D eigenvalue weighted by atomic mass is 35.5. The lowest BCUT2D eigenvalue weighted by atomic mass is 10.2. The van der Waals surface area contributed by atoms with Crippen molar-refractivity contribution < 1.29 is 12.8 Å². The number of nitrogens with two attached hydrogens (primary N) is 1. The summed E-state index contributed by atoms with van der Waals surface area (Å²) in [6.07, 6.45) is 0. The van der Waals surface area contributed by atoms with Gasteiger partial charge in [0.2, 0.25) is 5.95 Å². The monoisotopic (exact) mass is 330 g/mol. The summed E-state index contributed by atoms with van der Waals surface area (Å²) in [4.78, 5) is 7.39. The Hall–Kier alpha value is -1.93. The Labute approximate surface area is 126 Å². The van der Waals surface area contributed by atoms with Crippen molar-refractivity contribution in [3.8, 4) is 0 Å². The van der Waals surface area contributed by atoms with Gasteiger partial charge in [0.15, 0.2) is 0 Å². The first-order valence-corrected chi connectivity index (χ1v) is 7.65. The van der Waals surface area contributed by atoms with Gasteiger partial charge in [0.1, 0.15) is 11.0 Å². The van der Waals surface area contributed by atoms with Crippen molar-refractivity contribution in [3.63, 3.8) is 0 Å². The molecule has 21 heavy (non-hydrogen) atoms. The lowest BCUT2D eigenvalue weighted by molar-refractivity contribution is 0.590. The number of nitrogens with zero attached hydrogens (tertiary/aromatic N) is 2. The predicted octanol–water partition coefficient (Wildman–Crippen LogP) is 2.27. The molecule has 0 unspecified atom stereocenters. The zero-order valence-electron chi connectivity index (χ0n) is 11.2. The van der Waals surface area contributed by atoms with E-state index >= 15 is 0 Å². The number of aryl methyl sites for hydroxylation is 1. The van der Waals surface area contributed by atoms with E-state index in [4.69, 9.17) is 17.3 Å². The van der Waals surface area contributed by atoms with Gasteiger partial charge in [-0.25, -0.2) is 27.5 Å². The van der Waals surface area contributed by atoms with Crippen molar-refractivity contribution in [1.82, 2.24) is 9.97 Å². The smallest absolute Gasteiger partial charge is 0.264 e. The first-order valence-electron chi connectivity index (χ1n) is 5.78. The van der Waals surface area contributed by atoms with E-state index in [0.29, 0.717) is 5.69 Å². The van der Waals surface area contributed by atoms with Gasteiger partial charge in [-0.15, -0.1) is 0 Å². The van der Waals surface area contributed by atoms with Crippen LogP contribution >= 0.6 is 11.6 Å². The molecule has 0 aliphatic heterocycles. The standard InChI is InChI=1S/C12H12ClFN4O2S/c1-6-3-11(13)17-12(16-6)18-21(19,20)10-5-8(15)4-9(14)7(10)2/h3-5H,15H2,1-2H3,(H,16,17,18). The van der Waals surface area contributed by atoms with E-state index in [-0.39, 0.29) is 27.2 Å². The van der Waals surface area contributed by atoms with Crippen LogP contribution in [0.2, 0.25) is 5.15 Å². The van der Waals surface area contributed by atoms with Crippen molar-refractivity contribution in [2.75, 3.05) is 10.5 Å². The molecule has 0 aliphatic carbocycles. The Morgan fingerprint density at radius 1 is 1.24 bits per heavy atom. The molecule has 112 valence electrons. The van der Waals surface area contributed by atoms with Crippen LogP contribution in [-0.2, 0) is 10.0 Å². The van der Waals surface area contributed by atoms with E-state index in [9.17, 15) is 12.8 Å². The van der Waals surface area contributed by atoms with Crippen molar-refractivity contribution in [3.05, 3.63) is 40.4 Å². The second-order valence-corrected chi connectivity index (χ2v) is 6.43. The van der Waals surface area contributed by atoms with Crippen LogP contribution in [0.1, 0.15) is 11.3 Å². The van der Waals surface area contributed by atoms with E-state index in [1.807, 2.05) is 0 Å². The quantitative estimate of drug-likeness (QED) is 0.664. The molecule has 0 bridgehead atoms. The van der Waals surface area contributed by atoms with Gasteiger partial charge in [-0.3, -0.25) is 0 Å². The number of halogens is 2. The van der Waals surface area contributed by atoms with Crippen LogP contribution in [0, 0.1) is 19.7 Å². The van der Waals surface area contributed by atoms with Crippen LogP contribution < -0.4 is 10.5 Å². The van der Waals surface area contributed by atoms with Gasteiger partial charge in [0.05, 0.1) is 4.90 Å². The van der Waals surface area contributed by atoms with Crippen LogP contribution in [0.5, 0.6) is 0 Å². The number of rotatable bonds is 3. The molecule has 3 N–H and O–H groups in total. The van der Waals surface area contributed by atoms with Crippen LogP contribution in [0.4, 0.5) is 16.0 Å². The van der Waals surface area contributed by atoms with Crippen LogP contribution in [0.25, 0.3) is 0 Å². The highest BCUT2D eigenvalue weighted by Crippen LogP contribution is 2.23. The molecule has 1 aromatic carbocycles. The molecule has 1 heterocycles. The molecular weight excluding hydrogens is 319 g/mol. The third kappa shape index (κ3) is 3.40. The van der Waals surface area contributed by atoms with E-state index in [1.54, 1.807) is 6.92 Å². The largest absolute Gasteiger partial charge is 0.399 e. The Kier molecular flexibility index (Phi) is 4.02. The van der Waals surface area contributed by atoms with Crippen LogP contribution in [0.3, 0.4) is 0 Å². The maximum absolute atomic E-state index is 13.6. The van der Waals surface area contributed by atoms with Gasteiger partial charge in [-0.2, -0.15) is 0 Å². The molecule has 0 spiro atoms. The van der Waals surface area contributed by atoms with E-state index in [2.05, 4.69) is 14.7 Å². The predicted molar refractivity (Wildman–Crippen MR) is 78.1 cm³/mol. The molecule has 1 aromatic heterocycles. The topological polar surface area (TPSA) is 98.0 Å². The Bertz CT molecular complexity index is 791. The van der Waals surface area contributed by atoms with Gasteiger partial charge in [-0.05, 0) is 32.0 Å². The van der Waals surface area contributed by atoms with Crippen molar-refractivity contribution in [2.24, 2.45) is 0 Å². The normalized spacial score (nSPS) is 11.4. The second-order valence-electron chi connectivity index (χ2n) is 4.39. The fraction of sp³-hybridized carbons (Fsp3) is 0.167. The summed E-state index contributed by atoms with van der Waals surface area (Å²) in [5.41, 5.74) is 5.93. The molecule has 0 fully saturated rings. The molecule has 0 atom stereocenters. The summed E-state index contributed by atoms with van der Waals surface area (Å²) in [7, 11) is -4.08. The minimum absolute atomic E-state index is 0.00154. The fourth-order valence-electron chi connectivity index (χ4n) is 1.70. The maximum Gasteiger partial charge on any atom is 0.264 e. The maximum atomic E-state index is 13.6. The summed E-state index contributed by atoms with van der Waals surface area (Å²) in [6.45, 7) is 2.98. The molecule has 2 rings (SSSR count). The third-order valence-electron chi connectivity index (χ3n) is 2.66. The van der Waals surface area contributed by atoms with Gasteiger partial charge >= 0.3 is 0 Å². The number of aromatic nitrogens is 2. The highest BCUT2D eigenvalue weighted by molar-refractivity contribution is 7.92. The fourth-order valence-corrected chi connectivity index (χ4v) is 3.18. The molecular formula is C12H12ClFN4O2S. The van der Waals surface area contributed by atoms with E-state index in [0.717, 1.165) is 12.1 Å². The number of benzene rings is 1. The summed E-state index contributed by atoms with van der Waals surface area (Å²) in [6, 6.07) is 3.69. The van der Waals surface area contributed by atoms with Gasteiger partial charge in [-0.1, -0.05) is 11.6 Å². The van der Waals surface area contributed by atoms with Crippen molar-refractivity contribution >= 4 is 33.3 Å². The summed E-state index contributed by atoms with van der Waals surface area (Å²) in [5, 5.41) is 0.0932. The minimum atomic E-state index is -4.08. The van der Waals surface area contributed by atoms with Gasteiger partial charge in [0.25, 0.3) is 10.0 Å². The lowest BCUT2D eigenvalue weighted by Gasteiger charge is -2.11. The van der Waals surface area contributed by atoms with Crippen LogP contribution in [0.15, 0.2) is 23.1 Å². The Morgan fingerprint density at radius 3 is 2.52 bits per heavy atom. The number of sulfonamides is 1. The second kappa shape index (κ2) is 5.45. The summed E-state index contributed by atoms with van der Waals surface area (Å²) < 4.78 is 40.4. The zero-order valence-corrected chi connectivity index (χ0v) is 12.8. The zero-order chi connectivity index (χ0) is 15.8. The van der Waals surface area contributed by atoms with Crippen LogP contribution in [-0.4, -0.2) is 18.4 Å². The molecule has 0 saturated heterocycles. The molecule has 0 amide bonds. The molecule has 2 aromatic rings. The SMILES string of the molecule is Cc1cc(Cl)nc(NS(=O)(=O)c2cc(N)cc(F)c2C)n1. The Morgan fingerprint density at radius 2 is 1.90 bits per heavy atom. The average molecular weight is 331 g/mol. The number of hydrogen-bond donors (Lipinski definition) is 2. The van der Waals surface area contributed by atoms with Crippen molar-refractivity contribution in [2.45, 2.75) is 18.7 Å². The number of nitrogens with one attached hydrogen (secondary N) is 1. The first kappa shape index (κ1) is 15.5. The van der Waals surface area contributed by atoms with E-state index in [1.165, 1.54) is 13.0 Å². The molecule has 0 saturated carbocycles. The highest BCUT2D eigenvalue weighted by Gasteiger charge is 2.21. The summed E-state index contributed by atoms with van der Waals surface area (Å²) in [5.74, 6) is -0.902. The lowest BCUT2D eigenvalue weighted by Crippen LogP contribution is -2.17.